The van der Waals surface area contributed by atoms with E-state index in [4.69, 9.17) is 5.10 Å². The number of allylic oxidation sites excluding steroid dienone is 1. The van der Waals surface area contributed by atoms with Gasteiger partial charge < -0.3 is 0 Å². The van der Waals surface area contributed by atoms with Gasteiger partial charge in [-0.05, 0) is 67.1 Å². The largest absolute Gasteiger partial charge is 0.251 e. The molecule has 0 aromatic heterocycles. The molecule has 0 spiro atoms. The minimum Gasteiger partial charge on any atom is -0.251 e. The third-order valence-electron chi connectivity index (χ3n) is 5.94. The second-order valence-corrected chi connectivity index (χ2v) is 9.38. The molecule has 0 aliphatic carbocycles. The molecule has 0 radical (unpaired) electrons. The van der Waals surface area contributed by atoms with Crippen molar-refractivity contribution in [2.75, 3.05) is 0 Å². The van der Waals surface area contributed by atoms with Crippen molar-refractivity contribution in [1.82, 2.24) is 5.01 Å². The van der Waals surface area contributed by atoms with Gasteiger partial charge in [0.25, 0.3) is 0 Å². The molecule has 166 valence electrons. The van der Waals surface area contributed by atoms with Gasteiger partial charge in [0, 0.05) is 11.3 Å². The fourth-order valence-electron chi connectivity index (χ4n) is 4.14. The number of hydrazone groups is 1. The number of thioether (sulfide) groups is 1. The van der Waals surface area contributed by atoms with Gasteiger partial charge in [-0.25, -0.2) is 4.39 Å². The lowest BCUT2D eigenvalue weighted by molar-refractivity contribution is 0.339. The molecule has 1 heterocycles. The monoisotopic (exact) mass is 438 g/mol. The zero-order chi connectivity index (χ0) is 22.2. The molecule has 1 aliphatic rings. The zero-order valence-electron chi connectivity index (χ0n) is 19.2. The van der Waals surface area contributed by atoms with E-state index >= 15 is 0 Å². The molecule has 2 nitrogen and oxygen atoms in total. The number of hydrogen-bond acceptors (Lipinski definition) is 3. The molecule has 0 saturated carbocycles. The second kappa shape index (κ2) is 11.5. The maximum atomic E-state index is 13.4. The molecule has 1 atom stereocenters. The summed E-state index contributed by atoms with van der Waals surface area (Å²) in [6.07, 6.45) is 9.54. The highest BCUT2D eigenvalue weighted by atomic mass is 32.2. The quantitative estimate of drug-likeness (QED) is 0.327. The molecule has 0 fully saturated rings. The Morgan fingerprint density at radius 1 is 1.03 bits per heavy atom. The molecule has 1 aliphatic heterocycles. The Bertz CT molecular complexity index is 904. The van der Waals surface area contributed by atoms with Crippen LogP contribution in [-0.2, 0) is 6.42 Å². The van der Waals surface area contributed by atoms with Crippen molar-refractivity contribution in [3.8, 4) is 0 Å². The topological polar surface area (TPSA) is 15.6 Å². The van der Waals surface area contributed by atoms with Gasteiger partial charge in [-0.15, -0.1) is 0 Å². The van der Waals surface area contributed by atoms with Crippen molar-refractivity contribution in [3.05, 3.63) is 82.8 Å². The molecule has 0 N–H and O–H groups in total. The molecule has 4 heteroatoms. The van der Waals surface area contributed by atoms with Gasteiger partial charge in [-0.2, -0.15) is 5.10 Å². The van der Waals surface area contributed by atoms with E-state index < -0.39 is 0 Å². The summed E-state index contributed by atoms with van der Waals surface area (Å²) in [7, 11) is 0. The van der Waals surface area contributed by atoms with Crippen LogP contribution in [0.1, 0.15) is 86.4 Å². The average molecular weight is 439 g/mol. The summed E-state index contributed by atoms with van der Waals surface area (Å²) in [5.41, 5.74) is 6.02. The molecule has 0 saturated heterocycles. The van der Waals surface area contributed by atoms with E-state index in [1.165, 1.54) is 60.9 Å². The Morgan fingerprint density at radius 3 is 2.45 bits per heavy atom. The van der Waals surface area contributed by atoms with Crippen LogP contribution < -0.4 is 0 Å². The van der Waals surface area contributed by atoms with Gasteiger partial charge in [0.2, 0.25) is 0 Å². The zero-order valence-corrected chi connectivity index (χ0v) is 20.0. The van der Waals surface area contributed by atoms with Gasteiger partial charge >= 0.3 is 0 Å². The fraction of sp³-hybridized carbons (Fsp3) is 0.444. The van der Waals surface area contributed by atoms with Crippen LogP contribution >= 0.6 is 11.8 Å². The van der Waals surface area contributed by atoms with Crippen molar-refractivity contribution < 1.29 is 4.39 Å². The van der Waals surface area contributed by atoms with Crippen molar-refractivity contribution in [3.63, 3.8) is 0 Å². The Labute approximate surface area is 191 Å². The average Bonchev–Trinajstić information content (AvgIpc) is 3.21. The van der Waals surface area contributed by atoms with Crippen molar-refractivity contribution in [2.24, 2.45) is 5.10 Å². The Hall–Kier alpha value is -2.07. The first-order valence-corrected chi connectivity index (χ1v) is 12.5. The number of nitrogens with zero attached hydrogens (tertiary/aromatic N) is 2. The second-order valence-electron chi connectivity index (χ2n) is 8.31. The lowest BCUT2D eigenvalue weighted by Gasteiger charge is -2.27. The van der Waals surface area contributed by atoms with Crippen LogP contribution in [0.2, 0.25) is 0 Å². The van der Waals surface area contributed by atoms with E-state index in [-0.39, 0.29) is 11.2 Å². The molecule has 3 rings (SSSR count). The van der Waals surface area contributed by atoms with Gasteiger partial charge in [-0.1, -0.05) is 82.5 Å². The molecule has 0 bridgehead atoms. The highest BCUT2D eigenvalue weighted by Gasteiger charge is 2.32. The summed E-state index contributed by atoms with van der Waals surface area (Å²) in [6, 6.07) is 13.2. The molecular weight excluding hydrogens is 403 g/mol. The number of benzene rings is 2. The molecule has 31 heavy (non-hydrogen) atoms. The van der Waals surface area contributed by atoms with Gasteiger partial charge in [0.15, 0.2) is 0 Å². The number of rotatable bonds is 11. The molecule has 0 amide bonds. The Morgan fingerprint density at radius 2 is 1.74 bits per heavy atom. The minimum atomic E-state index is -0.222. The molecule has 2 aromatic carbocycles. The maximum Gasteiger partial charge on any atom is 0.129 e. The van der Waals surface area contributed by atoms with E-state index in [9.17, 15) is 4.39 Å². The Kier molecular flexibility index (Phi) is 8.77. The third kappa shape index (κ3) is 6.00. The van der Waals surface area contributed by atoms with Crippen LogP contribution in [0.4, 0.5) is 4.39 Å². The summed E-state index contributed by atoms with van der Waals surface area (Å²) in [4.78, 5) is 0. The van der Waals surface area contributed by atoms with Gasteiger partial charge in [0.05, 0.1) is 0 Å². The molecule has 2 aromatic rings. The SMILES string of the molecule is C=C(CCCCCCCC)N1N=C(c2ccc(F)cc2)SC1c1cccc(C)c1CC. The molecule has 1 unspecified atom stereocenters. The van der Waals surface area contributed by atoms with Crippen LogP contribution in [0.5, 0.6) is 0 Å². The van der Waals surface area contributed by atoms with Crippen LogP contribution in [0.3, 0.4) is 0 Å². The predicted octanol–water partition coefficient (Wildman–Crippen LogP) is 8.37. The maximum absolute atomic E-state index is 13.4. The van der Waals surface area contributed by atoms with Crippen LogP contribution in [0.15, 0.2) is 59.8 Å². The lowest BCUT2D eigenvalue weighted by Crippen LogP contribution is -2.18. The Balaban J connectivity index is 1.81. The normalized spacial score (nSPS) is 15.9. The van der Waals surface area contributed by atoms with Crippen molar-refractivity contribution >= 4 is 16.8 Å². The number of hydrogen-bond donors (Lipinski definition) is 0. The van der Waals surface area contributed by atoms with E-state index in [2.05, 4.69) is 50.6 Å². The smallest absolute Gasteiger partial charge is 0.129 e. The van der Waals surface area contributed by atoms with Crippen LogP contribution in [0, 0.1) is 12.7 Å². The van der Waals surface area contributed by atoms with Crippen LogP contribution in [-0.4, -0.2) is 10.1 Å². The van der Waals surface area contributed by atoms with E-state index in [0.717, 1.165) is 35.6 Å². The van der Waals surface area contributed by atoms with Crippen molar-refractivity contribution in [1.29, 1.82) is 0 Å². The number of unbranched alkanes of at least 4 members (excludes halogenated alkanes) is 5. The predicted molar refractivity (Wildman–Crippen MR) is 133 cm³/mol. The van der Waals surface area contributed by atoms with Gasteiger partial charge in [0.1, 0.15) is 16.2 Å². The van der Waals surface area contributed by atoms with E-state index in [1.54, 1.807) is 11.8 Å². The summed E-state index contributed by atoms with van der Waals surface area (Å²) in [5.74, 6) is -0.222. The fourth-order valence-corrected chi connectivity index (χ4v) is 5.41. The van der Waals surface area contributed by atoms with Crippen molar-refractivity contribution in [2.45, 2.75) is 77.5 Å². The number of halogens is 1. The molecular formula is C27H35FN2S. The summed E-state index contributed by atoms with van der Waals surface area (Å²) in [6.45, 7) is 11.1. The summed E-state index contributed by atoms with van der Waals surface area (Å²) >= 11 is 1.74. The highest BCUT2D eigenvalue weighted by molar-refractivity contribution is 8.14. The first-order chi connectivity index (χ1) is 15.0. The summed E-state index contributed by atoms with van der Waals surface area (Å²) in [5, 5.41) is 8.08. The lowest BCUT2D eigenvalue weighted by atomic mass is 9.99. The number of aryl methyl sites for hydroxylation is 1. The summed E-state index contributed by atoms with van der Waals surface area (Å²) < 4.78 is 13.4. The van der Waals surface area contributed by atoms with E-state index in [1.807, 2.05) is 12.1 Å². The van der Waals surface area contributed by atoms with E-state index in [0.29, 0.717) is 0 Å². The first-order valence-electron chi connectivity index (χ1n) is 11.6. The third-order valence-corrected chi connectivity index (χ3v) is 7.16. The van der Waals surface area contributed by atoms with Crippen LogP contribution in [0.25, 0.3) is 0 Å². The standard InChI is InChI=1S/C27H35FN2S/c1-5-7-8-9-10-11-14-21(4)30-27(25-15-12-13-20(3)24(25)6-2)31-26(29-30)22-16-18-23(28)19-17-22/h12-13,15-19,27H,4-11,14H2,1-3H3. The first kappa shape index (κ1) is 23.6. The van der Waals surface area contributed by atoms with Gasteiger partial charge in [-0.3, -0.25) is 5.01 Å². The minimum absolute atomic E-state index is 0.0718. The highest BCUT2D eigenvalue weighted by Crippen LogP contribution is 2.45.